The van der Waals surface area contributed by atoms with E-state index in [0.29, 0.717) is 24.7 Å². The summed E-state index contributed by atoms with van der Waals surface area (Å²) in [6.45, 7) is 3.17. The quantitative estimate of drug-likeness (QED) is 0.933. The van der Waals surface area contributed by atoms with E-state index in [1.807, 2.05) is 24.5 Å². The molecule has 0 bridgehead atoms. The first-order valence-electron chi connectivity index (χ1n) is 7.88. The van der Waals surface area contributed by atoms with Crippen LogP contribution in [0.15, 0.2) is 35.4 Å². The number of amides is 1. The minimum absolute atomic E-state index is 0.151. The Kier molecular flexibility index (Phi) is 4.50. The molecule has 0 spiro atoms. The number of rotatable bonds is 3. The second-order valence-electron chi connectivity index (χ2n) is 6.05. The molecule has 6 nitrogen and oxygen atoms in total. The van der Waals surface area contributed by atoms with Crippen molar-refractivity contribution in [2.24, 2.45) is 5.92 Å². The van der Waals surface area contributed by atoms with Crippen LogP contribution in [0.3, 0.4) is 0 Å². The van der Waals surface area contributed by atoms with Crippen molar-refractivity contribution in [2.45, 2.75) is 26.2 Å². The molecule has 2 aromatic rings. The summed E-state index contributed by atoms with van der Waals surface area (Å²) < 4.78 is 0. The number of H-pyrrole nitrogens is 1. The average Bonchev–Trinajstić information content (AvgIpc) is 2.55. The first-order valence-corrected chi connectivity index (χ1v) is 7.88. The number of nitrogens with one attached hydrogen (secondary N) is 1. The van der Waals surface area contributed by atoms with Gasteiger partial charge in [-0.05, 0) is 55.9 Å². The highest BCUT2D eigenvalue weighted by atomic mass is 16.2. The molecule has 1 aliphatic heterocycles. The zero-order chi connectivity index (χ0) is 16.2. The zero-order valence-corrected chi connectivity index (χ0v) is 13.2. The lowest BCUT2D eigenvalue weighted by Gasteiger charge is -2.31. The van der Waals surface area contributed by atoms with Gasteiger partial charge >= 0.3 is 5.69 Å². The van der Waals surface area contributed by atoms with Gasteiger partial charge in [0.05, 0.1) is 0 Å². The highest BCUT2D eigenvalue weighted by molar-refractivity contribution is 5.92. The molecule has 2 aromatic heterocycles. The summed E-state index contributed by atoms with van der Waals surface area (Å²) in [5.74, 6) is 0.428. The fourth-order valence-electron chi connectivity index (χ4n) is 3.04. The first-order chi connectivity index (χ1) is 11.1. The molecular formula is C17H20N4O2. The standard InChI is InChI=1S/C17H20N4O2/c1-12-10-15(20-17(23)19-12)16(22)21-8-4-14(5-9-21)11-13-2-6-18-7-3-13/h2-3,6-7,10,14H,4-5,8-9,11H2,1H3,(H,19,20,23). The lowest BCUT2D eigenvalue weighted by atomic mass is 9.90. The van der Waals surface area contributed by atoms with Gasteiger partial charge in [-0.3, -0.25) is 9.78 Å². The molecule has 0 aliphatic carbocycles. The van der Waals surface area contributed by atoms with Crippen molar-refractivity contribution >= 4 is 5.91 Å². The van der Waals surface area contributed by atoms with Gasteiger partial charge in [0.15, 0.2) is 0 Å². The van der Waals surface area contributed by atoms with E-state index in [4.69, 9.17) is 0 Å². The Balaban J connectivity index is 1.60. The predicted molar refractivity (Wildman–Crippen MR) is 86.2 cm³/mol. The topological polar surface area (TPSA) is 79.0 Å². The van der Waals surface area contributed by atoms with Crippen LogP contribution in [0.5, 0.6) is 0 Å². The molecule has 3 heterocycles. The lowest BCUT2D eigenvalue weighted by molar-refractivity contribution is 0.0684. The molecule has 6 heteroatoms. The largest absolute Gasteiger partial charge is 0.345 e. The number of hydrogen-bond acceptors (Lipinski definition) is 4. The molecular weight excluding hydrogens is 292 g/mol. The third-order valence-corrected chi connectivity index (χ3v) is 4.27. The molecule has 1 aliphatic rings. The Morgan fingerprint density at radius 1 is 1.30 bits per heavy atom. The lowest BCUT2D eigenvalue weighted by Crippen LogP contribution is -2.40. The summed E-state index contributed by atoms with van der Waals surface area (Å²) in [6.07, 6.45) is 6.59. The number of aromatic amines is 1. The smallest absolute Gasteiger partial charge is 0.337 e. The van der Waals surface area contributed by atoms with Gasteiger partial charge in [-0.1, -0.05) is 0 Å². The summed E-state index contributed by atoms with van der Waals surface area (Å²) in [5, 5.41) is 0. The first kappa shape index (κ1) is 15.4. The van der Waals surface area contributed by atoms with E-state index >= 15 is 0 Å². The maximum atomic E-state index is 12.5. The molecule has 0 saturated carbocycles. The minimum Gasteiger partial charge on any atom is -0.337 e. The summed E-state index contributed by atoms with van der Waals surface area (Å²) in [6, 6.07) is 5.72. The number of pyridine rings is 1. The number of aryl methyl sites for hydroxylation is 1. The fourth-order valence-corrected chi connectivity index (χ4v) is 3.04. The van der Waals surface area contributed by atoms with Gasteiger partial charge in [0.1, 0.15) is 5.69 Å². The van der Waals surface area contributed by atoms with E-state index < -0.39 is 5.69 Å². The average molecular weight is 312 g/mol. The van der Waals surface area contributed by atoms with Crippen molar-refractivity contribution in [2.75, 3.05) is 13.1 Å². The van der Waals surface area contributed by atoms with E-state index in [2.05, 4.69) is 15.0 Å². The Bertz CT molecular complexity index is 734. The van der Waals surface area contributed by atoms with E-state index in [1.54, 1.807) is 17.9 Å². The number of aromatic nitrogens is 3. The molecule has 0 aromatic carbocycles. The van der Waals surface area contributed by atoms with Crippen LogP contribution in [0.2, 0.25) is 0 Å². The van der Waals surface area contributed by atoms with Gasteiger partial charge in [0, 0.05) is 31.2 Å². The molecule has 120 valence electrons. The molecule has 1 amide bonds. The van der Waals surface area contributed by atoms with Crippen molar-refractivity contribution in [3.63, 3.8) is 0 Å². The van der Waals surface area contributed by atoms with Crippen molar-refractivity contribution in [1.29, 1.82) is 0 Å². The molecule has 23 heavy (non-hydrogen) atoms. The van der Waals surface area contributed by atoms with E-state index in [0.717, 1.165) is 19.3 Å². The number of hydrogen-bond donors (Lipinski definition) is 1. The summed E-state index contributed by atoms with van der Waals surface area (Å²) in [5.41, 5.74) is 1.71. The maximum absolute atomic E-state index is 12.5. The summed E-state index contributed by atoms with van der Waals surface area (Å²) in [4.78, 5) is 36.1. The van der Waals surface area contributed by atoms with Gasteiger partial charge < -0.3 is 9.88 Å². The van der Waals surface area contributed by atoms with Gasteiger partial charge in [-0.15, -0.1) is 0 Å². The van der Waals surface area contributed by atoms with Crippen molar-refractivity contribution in [1.82, 2.24) is 19.9 Å². The molecule has 0 atom stereocenters. The minimum atomic E-state index is -0.471. The van der Waals surface area contributed by atoms with E-state index in [-0.39, 0.29) is 11.6 Å². The number of nitrogens with zero attached hydrogens (tertiary/aromatic N) is 3. The molecule has 1 saturated heterocycles. The molecule has 1 fully saturated rings. The monoisotopic (exact) mass is 312 g/mol. The third-order valence-electron chi connectivity index (χ3n) is 4.27. The third kappa shape index (κ3) is 3.83. The summed E-state index contributed by atoms with van der Waals surface area (Å²) in [7, 11) is 0. The Morgan fingerprint density at radius 3 is 2.65 bits per heavy atom. The van der Waals surface area contributed by atoms with Crippen LogP contribution in [0.4, 0.5) is 0 Å². The van der Waals surface area contributed by atoms with Gasteiger partial charge in [0.25, 0.3) is 5.91 Å². The van der Waals surface area contributed by atoms with Crippen molar-refractivity contribution in [3.05, 3.63) is 58.0 Å². The Hall–Kier alpha value is -2.50. The Labute approximate surface area is 134 Å². The molecule has 0 unspecified atom stereocenters. The van der Waals surface area contributed by atoms with Crippen molar-refractivity contribution < 1.29 is 4.79 Å². The second kappa shape index (κ2) is 6.73. The van der Waals surface area contributed by atoms with Crippen molar-refractivity contribution in [3.8, 4) is 0 Å². The van der Waals surface area contributed by atoms with Crippen LogP contribution in [0.1, 0.15) is 34.6 Å². The predicted octanol–water partition coefficient (Wildman–Crippen LogP) is 1.57. The normalized spacial score (nSPS) is 15.6. The van der Waals surface area contributed by atoms with E-state index in [1.165, 1.54) is 5.56 Å². The van der Waals surface area contributed by atoms with Crippen LogP contribution >= 0.6 is 0 Å². The second-order valence-corrected chi connectivity index (χ2v) is 6.05. The number of carbonyl (C=O) groups excluding carboxylic acids is 1. The van der Waals surface area contributed by atoms with Gasteiger partial charge in [0.2, 0.25) is 0 Å². The summed E-state index contributed by atoms with van der Waals surface area (Å²) >= 11 is 0. The molecule has 1 N–H and O–H groups in total. The fraction of sp³-hybridized carbons (Fsp3) is 0.412. The van der Waals surface area contributed by atoms with E-state index in [9.17, 15) is 9.59 Å². The number of piperidine rings is 1. The number of carbonyl (C=O) groups is 1. The van der Waals surface area contributed by atoms with Crippen LogP contribution in [0.25, 0.3) is 0 Å². The molecule has 0 radical (unpaired) electrons. The van der Waals surface area contributed by atoms with Crippen LogP contribution < -0.4 is 5.69 Å². The van der Waals surface area contributed by atoms with Gasteiger partial charge in [-0.25, -0.2) is 4.79 Å². The highest BCUT2D eigenvalue weighted by Crippen LogP contribution is 2.22. The van der Waals surface area contributed by atoms with Crippen LogP contribution in [0, 0.1) is 12.8 Å². The maximum Gasteiger partial charge on any atom is 0.345 e. The zero-order valence-electron chi connectivity index (χ0n) is 13.2. The van der Waals surface area contributed by atoms with Crippen LogP contribution in [-0.2, 0) is 6.42 Å². The van der Waals surface area contributed by atoms with Gasteiger partial charge in [-0.2, -0.15) is 4.98 Å². The highest BCUT2D eigenvalue weighted by Gasteiger charge is 2.24. The molecule has 3 rings (SSSR count). The Morgan fingerprint density at radius 2 is 2.00 bits per heavy atom. The van der Waals surface area contributed by atoms with Crippen LogP contribution in [-0.4, -0.2) is 38.8 Å². The number of likely N-dealkylation sites (tertiary alicyclic amines) is 1. The SMILES string of the molecule is Cc1cc(C(=O)N2CCC(Cc3ccncc3)CC2)nc(=O)[nH]1.